The summed E-state index contributed by atoms with van der Waals surface area (Å²) >= 11 is 6.21. The van der Waals surface area contributed by atoms with Gasteiger partial charge in [-0.25, -0.2) is 4.98 Å². The molecule has 0 saturated heterocycles. The van der Waals surface area contributed by atoms with Crippen molar-refractivity contribution < 1.29 is 4.74 Å². The van der Waals surface area contributed by atoms with Crippen LogP contribution in [0, 0.1) is 0 Å². The van der Waals surface area contributed by atoms with E-state index in [9.17, 15) is 0 Å². The first-order valence-electron chi connectivity index (χ1n) is 7.24. The zero-order valence-electron chi connectivity index (χ0n) is 12.9. The smallest absolute Gasteiger partial charge is 0.129 e. The lowest BCUT2D eigenvalue weighted by molar-refractivity contribution is 0.203. The van der Waals surface area contributed by atoms with E-state index in [1.807, 2.05) is 0 Å². The van der Waals surface area contributed by atoms with Crippen molar-refractivity contribution in [3.05, 3.63) is 22.8 Å². The van der Waals surface area contributed by atoms with Crippen molar-refractivity contribution in [2.75, 3.05) is 31.7 Å². The van der Waals surface area contributed by atoms with Crippen LogP contribution in [-0.4, -0.2) is 37.8 Å². The molecule has 5 heteroatoms. The van der Waals surface area contributed by atoms with Gasteiger partial charge in [0.15, 0.2) is 0 Å². The highest BCUT2D eigenvalue weighted by Gasteiger charge is 2.15. The third-order valence-corrected chi connectivity index (χ3v) is 3.78. The van der Waals surface area contributed by atoms with Crippen molar-refractivity contribution in [2.24, 2.45) is 0 Å². The highest BCUT2D eigenvalue weighted by molar-refractivity contribution is 6.31. The maximum atomic E-state index is 6.21. The van der Waals surface area contributed by atoms with Gasteiger partial charge in [-0.1, -0.05) is 25.4 Å². The molecule has 0 aliphatic rings. The predicted octanol–water partition coefficient (Wildman–Crippen LogP) is 3.10. The lowest BCUT2D eigenvalue weighted by atomic mass is 10.2. The summed E-state index contributed by atoms with van der Waals surface area (Å²) in [5.41, 5.74) is 1.09. The number of anilines is 1. The van der Waals surface area contributed by atoms with Crippen LogP contribution in [0.15, 0.2) is 12.3 Å². The van der Waals surface area contributed by atoms with Crippen molar-refractivity contribution in [3.8, 4) is 0 Å². The molecule has 1 heterocycles. The van der Waals surface area contributed by atoms with Crippen LogP contribution in [-0.2, 0) is 11.3 Å². The Morgan fingerprint density at radius 3 is 2.80 bits per heavy atom. The molecule has 1 N–H and O–H groups in total. The summed E-state index contributed by atoms with van der Waals surface area (Å²) < 4.78 is 5.20. The van der Waals surface area contributed by atoms with Crippen molar-refractivity contribution in [1.29, 1.82) is 0 Å². The van der Waals surface area contributed by atoms with Crippen molar-refractivity contribution >= 4 is 17.4 Å². The molecule has 4 nitrogen and oxygen atoms in total. The summed E-state index contributed by atoms with van der Waals surface area (Å²) in [5.74, 6) is 0.966. The third-order valence-electron chi connectivity index (χ3n) is 3.44. The quantitative estimate of drug-likeness (QED) is 0.760. The molecule has 0 radical (unpaired) electrons. The number of aromatic nitrogens is 1. The zero-order chi connectivity index (χ0) is 15.0. The SMILES string of the molecule is CCNCc1cc(N(CCOC)C(C)CC)ncc1Cl. The molecular weight excluding hydrogens is 274 g/mol. The summed E-state index contributed by atoms with van der Waals surface area (Å²) in [5, 5.41) is 4.02. The Hall–Kier alpha value is -0.840. The third kappa shape index (κ3) is 4.93. The Bertz CT molecular complexity index is 401. The van der Waals surface area contributed by atoms with Gasteiger partial charge in [-0.05, 0) is 31.5 Å². The fraction of sp³-hybridized carbons (Fsp3) is 0.667. The van der Waals surface area contributed by atoms with Gasteiger partial charge in [-0.2, -0.15) is 0 Å². The number of methoxy groups -OCH3 is 1. The summed E-state index contributed by atoms with van der Waals surface area (Å²) in [6.45, 7) is 9.68. The lowest BCUT2D eigenvalue weighted by Gasteiger charge is -2.30. The number of nitrogens with zero attached hydrogens (tertiary/aromatic N) is 2. The number of nitrogens with one attached hydrogen (secondary N) is 1. The molecule has 0 fully saturated rings. The number of hydrogen-bond acceptors (Lipinski definition) is 4. The first-order chi connectivity index (χ1) is 9.63. The number of ether oxygens (including phenoxy) is 1. The topological polar surface area (TPSA) is 37.4 Å². The Labute approximate surface area is 127 Å². The number of hydrogen-bond donors (Lipinski definition) is 1. The van der Waals surface area contributed by atoms with Gasteiger partial charge in [0.1, 0.15) is 5.82 Å². The second-order valence-corrected chi connectivity index (χ2v) is 5.26. The van der Waals surface area contributed by atoms with E-state index in [4.69, 9.17) is 16.3 Å². The average Bonchev–Trinajstić information content (AvgIpc) is 2.47. The fourth-order valence-electron chi connectivity index (χ4n) is 1.99. The highest BCUT2D eigenvalue weighted by atomic mass is 35.5. The number of rotatable bonds is 9. The molecule has 1 atom stereocenters. The minimum absolute atomic E-state index is 0.422. The first-order valence-corrected chi connectivity index (χ1v) is 7.62. The van der Waals surface area contributed by atoms with E-state index in [0.29, 0.717) is 17.7 Å². The van der Waals surface area contributed by atoms with Gasteiger partial charge in [-0.15, -0.1) is 0 Å². The van der Waals surface area contributed by atoms with Gasteiger partial charge >= 0.3 is 0 Å². The maximum Gasteiger partial charge on any atom is 0.129 e. The second kappa shape index (κ2) is 9.16. The van der Waals surface area contributed by atoms with Crippen molar-refractivity contribution in [3.63, 3.8) is 0 Å². The summed E-state index contributed by atoms with van der Waals surface area (Å²) in [4.78, 5) is 6.75. The molecular formula is C15H26ClN3O. The van der Waals surface area contributed by atoms with Crippen molar-refractivity contribution in [1.82, 2.24) is 10.3 Å². The molecule has 0 aliphatic carbocycles. The van der Waals surface area contributed by atoms with Gasteiger partial charge < -0.3 is 15.0 Å². The molecule has 1 unspecified atom stereocenters. The van der Waals surface area contributed by atoms with E-state index in [1.54, 1.807) is 13.3 Å². The summed E-state index contributed by atoms with van der Waals surface area (Å²) in [6, 6.07) is 2.50. The van der Waals surface area contributed by atoms with Crippen LogP contribution in [0.2, 0.25) is 5.02 Å². The van der Waals surface area contributed by atoms with Gasteiger partial charge in [-0.3, -0.25) is 0 Å². The maximum absolute atomic E-state index is 6.21. The van der Waals surface area contributed by atoms with Gasteiger partial charge in [0.2, 0.25) is 0 Å². The summed E-state index contributed by atoms with van der Waals surface area (Å²) in [6.07, 6.45) is 2.81. The van der Waals surface area contributed by atoms with E-state index < -0.39 is 0 Å². The molecule has 1 aromatic heterocycles. The average molecular weight is 300 g/mol. The van der Waals surface area contributed by atoms with Crippen LogP contribution >= 0.6 is 11.6 Å². The van der Waals surface area contributed by atoms with Crippen LogP contribution < -0.4 is 10.2 Å². The van der Waals surface area contributed by atoms with Gasteiger partial charge in [0.25, 0.3) is 0 Å². The van der Waals surface area contributed by atoms with Crippen LogP contribution in [0.1, 0.15) is 32.8 Å². The van der Waals surface area contributed by atoms with E-state index in [-0.39, 0.29) is 0 Å². The fourth-order valence-corrected chi connectivity index (χ4v) is 2.16. The summed E-state index contributed by atoms with van der Waals surface area (Å²) in [7, 11) is 1.72. The number of pyridine rings is 1. The van der Waals surface area contributed by atoms with E-state index in [2.05, 4.69) is 42.0 Å². The van der Waals surface area contributed by atoms with Crippen LogP contribution in [0.4, 0.5) is 5.82 Å². The lowest BCUT2D eigenvalue weighted by Crippen LogP contribution is -2.36. The molecule has 0 amide bonds. The van der Waals surface area contributed by atoms with E-state index in [1.165, 1.54) is 0 Å². The monoisotopic (exact) mass is 299 g/mol. The van der Waals surface area contributed by atoms with E-state index >= 15 is 0 Å². The minimum atomic E-state index is 0.422. The van der Waals surface area contributed by atoms with Crippen molar-refractivity contribution in [2.45, 2.75) is 39.8 Å². The van der Waals surface area contributed by atoms with Gasteiger partial charge in [0, 0.05) is 32.4 Å². The molecule has 0 spiro atoms. The molecule has 114 valence electrons. The molecule has 1 aromatic rings. The highest BCUT2D eigenvalue weighted by Crippen LogP contribution is 2.22. The molecule has 0 aromatic carbocycles. The molecule has 0 bridgehead atoms. The molecule has 20 heavy (non-hydrogen) atoms. The normalized spacial score (nSPS) is 12.4. The Balaban J connectivity index is 2.94. The van der Waals surface area contributed by atoms with Gasteiger partial charge in [0.05, 0.1) is 11.6 Å². The van der Waals surface area contributed by atoms with Crippen LogP contribution in [0.3, 0.4) is 0 Å². The number of halogens is 1. The molecule has 0 saturated carbocycles. The van der Waals surface area contributed by atoms with Crippen LogP contribution in [0.5, 0.6) is 0 Å². The molecule has 1 rings (SSSR count). The standard InChI is InChI=1S/C15H26ClN3O/c1-5-12(3)19(7-8-20-4)15-9-13(10-17-6-2)14(16)11-18-15/h9,11-12,17H,5-8,10H2,1-4H3. The molecule has 0 aliphatic heterocycles. The largest absolute Gasteiger partial charge is 0.383 e. The zero-order valence-corrected chi connectivity index (χ0v) is 13.7. The van der Waals surface area contributed by atoms with Crippen LogP contribution in [0.25, 0.3) is 0 Å². The predicted molar refractivity (Wildman–Crippen MR) is 85.6 cm³/mol. The Morgan fingerprint density at radius 1 is 1.45 bits per heavy atom. The Morgan fingerprint density at radius 2 is 2.20 bits per heavy atom. The minimum Gasteiger partial charge on any atom is -0.383 e. The van der Waals surface area contributed by atoms with E-state index in [0.717, 1.165) is 37.4 Å². The first kappa shape index (κ1) is 17.2. The Kier molecular flexibility index (Phi) is 7.88. The second-order valence-electron chi connectivity index (χ2n) is 4.86.